The minimum absolute atomic E-state index is 0.0819. The second-order valence-electron chi connectivity index (χ2n) is 11.5. The van der Waals surface area contributed by atoms with Crippen molar-refractivity contribution in [1.29, 1.82) is 0 Å². The minimum Gasteiger partial charge on any atom is -0.396 e. The Kier molecular flexibility index (Phi) is 8.49. The second-order valence-corrected chi connectivity index (χ2v) is 14.2. The molecule has 0 saturated carbocycles. The monoisotopic (exact) mass is 710 g/mol. The zero-order valence-electron chi connectivity index (χ0n) is 26.5. The first kappa shape index (κ1) is 33.9. The molecule has 6 aromatic rings. The Balaban J connectivity index is 1.31. The van der Waals surface area contributed by atoms with Crippen molar-refractivity contribution in [3.63, 3.8) is 0 Å². The van der Waals surface area contributed by atoms with Crippen molar-refractivity contribution in [1.82, 2.24) is 0 Å². The maximum absolute atomic E-state index is 12.2. The summed E-state index contributed by atoms with van der Waals surface area (Å²) in [7, 11) is -9.42. The van der Waals surface area contributed by atoms with Gasteiger partial charge in [0.25, 0.3) is 20.2 Å². The number of aryl methyl sites for hydroxylation is 2. The van der Waals surface area contributed by atoms with Crippen LogP contribution in [0.15, 0.2) is 115 Å². The molecule has 10 N–H and O–H groups in total. The van der Waals surface area contributed by atoms with Crippen molar-refractivity contribution in [2.75, 3.05) is 22.9 Å². The van der Waals surface area contributed by atoms with Gasteiger partial charge in [0.05, 0.1) is 34.1 Å². The van der Waals surface area contributed by atoms with Gasteiger partial charge in [0.2, 0.25) is 0 Å². The summed E-state index contributed by atoms with van der Waals surface area (Å²) in [5, 5.41) is 18.0. The lowest BCUT2D eigenvalue weighted by atomic mass is 10.0. The molecule has 0 atom stereocenters. The number of azo groups is 2. The summed E-state index contributed by atoms with van der Waals surface area (Å²) in [6.07, 6.45) is 0. The van der Waals surface area contributed by atoms with Gasteiger partial charge in [-0.1, -0.05) is 60.7 Å². The van der Waals surface area contributed by atoms with Crippen LogP contribution in [0.25, 0.3) is 32.7 Å². The molecular weight excluding hydrogens is 681 g/mol. The molecule has 0 spiro atoms. The molecular formula is C34H30N8O6S2. The molecule has 0 aliphatic rings. The Morgan fingerprint density at radius 3 is 1.14 bits per heavy atom. The fourth-order valence-corrected chi connectivity index (χ4v) is 7.42. The molecule has 6 rings (SSSR count). The van der Waals surface area contributed by atoms with Gasteiger partial charge >= 0.3 is 0 Å². The van der Waals surface area contributed by atoms with Crippen LogP contribution in [0.2, 0.25) is 0 Å². The number of fused-ring (bicyclic) bond motifs is 2. The van der Waals surface area contributed by atoms with Gasteiger partial charge in [-0.25, -0.2) is 0 Å². The Morgan fingerprint density at radius 1 is 0.480 bits per heavy atom. The van der Waals surface area contributed by atoms with E-state index >= 15 is 0 Å². The molecule has 6 aromatic carbocycles. The van der Waals surface area contributed by atoms with E-state index in [9.17, 15) is 25.9 Å². The first-order valence-corrected chi connectivity index (χ1v) is 17.7. The predicted octanol–water partition coefficient (Wildman–Crippen LogP) is 7.93. The molecule has 0 fully saturated rings. The quantitative estimate of drug-likeness (QED) is 0.0529. The van der Waals surface area contributed by atoms with E-state index in [2.05, 4.69) is 20.5 Å². The number of hydrogen-bond donors (Lipinski definition) is 6. The van der Waals surface area contributed by atoms with Crippen LogP contribution < -0.4 is 22.9 Å². The molecule has 0 radical (unpaired) electrons. The Morgan fingerprint density at radius 2 is 0.820 bits per heavy atom. The summed E-state index contributed by atoms with van der Waals surface area (Å²) >= 11 is 0. The first-order valence-electron chi connectivity index (χ1n) is 14.8. The van der Waals surface area contributed by atoms with Gasteiger partial charge in [-0.2, -0.15) is 27.1 Å². The number of hydrogen-bond acceptors (Lipinski definition) is 12. The number of nitrogens with zero attached hydrogens (tertiary/aromatic N) is 4. The van der Waals surface area contributed by atoms with Crippen LogP contribution in [0.1, 0.15) is 11.1 Å². The van der Waals surface area contributed by atoms with Crippen LogP contribution in [0.5, 0.6) is 0 Å². The molecule has 0 amide bonds. The Labute approximate surface area is 286 Å². The van der Waals surface area contributed by atoms with Crippen molar-refractivity contribution in [2.45, 2.75) is 23.6 Å². The highest BCUT2D eigenvalue weighted by molar-refractivity contribution is 7.86. The standard InChI is InChI=1S/C34H30N8O6S2/c1-17-15-19(11-13-25(17)39-41-31-27(35)21-7-3-5-9-23(21)33(29(31)37)49(43,44)45)20-12-14-26(18(2)16-20)40-42-32-28(36)22-8-4-6-10-24(22)34(30(32)38)50(46,47)48/h3-16H,35-38H2,1-2H3,(H,43,44,45)(H,46,47,48). The van der Waals surface area contributed by atoms with E-state index in [0.717, 1.165) is 22.3 Å². The molecule has 0 bridgehead atoms. The van der Waals surface area contributed by atoms with Crippen molar-refractivity contribution < 1.29 is 25.9 Å². The zero-order chi connectivity index (χ0) is 36.1. The Hall–Kier alpha value is -5.94. The zero-order valence-corrected chi connectivity index (χ0v) is 28.2. The van der Waals surface area contributed by atoms with Crippen LogP contribution in [0.4, 0.5) is 45.5 Å². The van der Waals surface area contributed by atoms with Crippen LogP contribution in [0.3, 0.4) is 0 Å². The molecule has 0 unspecified atom stereocenters. The number of anilines is 4. The first-order chi connectivity index (χ1) is 23.6. The molecule has 0 aliphatic heterocycles. The van der Waals surface area contributed by atoms with Gasteiger partial charge in [0.1, 0.15) is 21.2 Å². The van der Waals surface area contributed by atoms with Crippen LogP contribution >= 0.6 is 0 Å². The third-order valence-electron chi connectivity index (χ3n) is 8.19. The predicted molar refractivity (Wildman–Crippen MR) is 195 cm³/mol. The summed E-state index contributed by atoms with van der Waals surface area (Å²) in [6.45, 7) is 3.65. The lowest BCUT2D eigenvalue weighted by Gasteiger charge is -2.13. The summed E-state index contributed by atoms with van der Waals surface area (Å²) in [4.78, 5) is -0.984. The minimum atomic E-state index is -4.71. The van der Waals surface area contributed by atoms with E-state index in [-0.39, 0.29) is 44.9 Å². The van der Waals surface area contributed by atoms with E-state index < -0.39 is 30.0 Å². The number of benzene rings is 6. The van der Waals surface area contributed by atoms with Gasteiger partial charge in [0.15, 0.2) is 0 Å². The fraction of sp³-hybridized carbons (Fsp3) is 0.0588. The third-order valence-corrected chi connectivity index (χ3v) is 10.1. The lowest BCUT2D eigenvalue weighted by Crippen LogP contribution is -2.06. The van der Waals surface area contributed by atoms with Crippen LogP contribution in [0, 0.1) is 13.8 Å². The van der Waals surface area contributed by atoms with Crippen molar-refractivity contribution in [2.24, 2.45) is 20.5 Å². The van der Waals surface area contributed by atoms with Gasteiger partial charge in [-0.3, -0.25) is 9.11 Å². The van der Waals surface area contributed by atoms with Gasteiger partial charge in [0, 0.05) is 21.5 Å². The largest absolute Gasteiger partial charge is 0.396 e. The summed E-state index contributed by atoms with van der Waals surface area (Å²) in [5.74, 6) is 0. The number of nitrogen functional groups attached to an aromatic ring is 4. The maximum Gasteiger partial charge on any atom is 0.297 e. The molecule has 0 aromatic heterocycles. The second kappa shape index (κ2) is 12.5. The molecule has 14 nitrogen and oxygen atoms in total. The average Bonchev–Trinajstić information content (AvgIpc) is 3.04. The van der Waals surface area contributed by atoms with E-state index in [1.54, 1.807) is 48.5 Å². The van der Waals surface area contributed by atoms with Crippen molar-refractivity contribution in [3.05, 3.63) is 96.1 Å². The molecule has 0 saturated heterocycles. The number of rotatable bonds is 7. The maximum atomic E-state index is 12.2. The number of nitrogens with two attached hydrogens (primary N) is 4. The van der Waals surface area contributed by atoms with Crippen molar-refractivity contribution >= 4 is 87.3 Å². The summed E-state index contributed by atoms with van der Waals surface area (Å²) in [6, 6.07) is 23.6. The highest BCUT2D eigenvalue weighted by Gasteiger charge is 2.25. The van der Waals surface area contributed by atoms with Crippen LogP contribution in [-0.4, -0.2) is 25.9 Å². The highest BCUT2D eigenvalue weighted by atomic mass is 32.2. The average molecular weight is 711 g/mol. The molecule has 16 heteroatoms. The van der Waals surface area contributed by atoms with Gasteiger partial charge in [-0.15, -0.1) is 10.2 Å². The lowest BCUT2D eigenvalue weighted by molar-refractivity contribution is 0.482. The molecule has 0 aliphatic carbocycles. The molecule has 50 heavy (non-hydrogen) atoms. The summed E-state index contributed by atoms with van der Waals surface area (Å²) in [5.41, 5.74) is 28.4. The SMILES string of the molecule is Cc1cc(-c2ccc(N=Nc3c(N)c(S(=O)(=O)O)c4ccccc4c3N)c(C)c2)ccc1N=Nc1c(N)c(S(=O)(=O)O)c2ccccc2c1N. The smallest absolute Gasteiger partial charge is 0.297 e. The van der Waals surface area contributed by atoms with Gasteiger partial charge in [-0.05, 0) is 60.4 Å². The molecule has 254 valence electrons. The molecule has 0 heterocycles. The topological polar surface area (TPSA) is 262 Å². The van der Waals surface area contributed by atoms with Gasteiger partial charge < -0.3 is 22.9 Å². The van der Waals surface area contributed by atoms with E-state index in [1.807, 2.05) is 38.1 Å². The van der Waals surface area contributed by atoms with Crippen molar-refractivity contribution in [3.8, 4) is 11.1 Å². The summed E-state index contributed by atoms with van der Waals surface area (Å²) < 4.78 is 68.6. The third kappa shape index (κ3) is 6.07. The fourth-order valence-electron chi connectivity index (χ4n) is 5.76. The highest BCUT2D eigenvalue weighted by Crippen LogP contribution is 2.45. The Bertz CT molecular complexity index is 2490. The van der Waals surface area contributed by atoms with Crippen LogP contribution in [-0.2, 0) is 20.2 Å². The van der Waals surface area contributed by atoms with E-state index in [0.29, 0.717) is 22.1 Å². The van der Waals surface area contributed by atoms with E-state index in [4.69, 9.17) is 22.9 Å². The van der Waals surface area contributed by atoms with E-state index in [1.165, 1.54) is 12.1 Å². The normalized spacial score (nSPS) is 12.5.